The van der Waals surface area contributed by atoms with Crippen molar-refractivity contribution in [2.24, 2.45) is 5.41 Å². The molecule has 1 N–H and O–H groups in total. The second kappa shape index (κ2) is 8.25. The Hall–Kier alpha value is -0.450. The van der Waals surface area contributed by atoms with Crippen molar-refractivity contribution in [3.63, 3.8) is 0 Å². The van der Waals surface area contributed by atoms with Crippen LogP contribution in [0.15, 0.2) is 22.7 Å². The second-order valence-electron chi connectivity index (χ2n) is 6.16. The van der Waals surface area contributed by atoms with E-state index in [0.717, 1.165) is 26.1 Å². The summed E-state index contributed by atoms with van der Waals surface area (Å²) in [7, 11) is 1.73. The van der Waals surface area contributed by atoms with E-state index in [-0.39, 0.29) is 5.82 Å². The van der Waals surface area contributed by atoms with E-state index in [1.165, 1.54) is 37.7 Å². The van der Waals surface area contributed by atoms with Crippen molar-refractivity contribution in [2.45, 2.75) is 38.5 Å². The van der Waals surface area contributed by atoms with Crippen molar-refractivity contribution in [1.29, 1.82) is 0 Å². The molecule has 2 nitrogen and oxygen atoms in total. The van der Waals surface area contributed by atoms with Crippen LogP contribution in [-0.4, -0.2) is 26.8 Å². The van der Waals surface area contributed by atoms with Gasteiger partial charge in [0.15, 0.2) is 0 Å². The van der Waals surface area contributed by atoms with Gasteiger partial charge in [-0.15, -0.1) is 0 Å². The Labute approximate surface area is 135 Å². The second-order valence-corrected chi connectivity index (χ2v) is 7.01. The summed E-state index contributed by atoms with van der Waals surface area (Å²) in [4.78, 5) is 0. The molecule has 0 atom stereocenters. The minimum atomic E-state index is -0.185. The molecule has 2 rings (SSSR count). The number of rotatable bonds is 7. The van der Waals surface area contributed by atoms with Crippen LogP contribution in [0, 0.1) is 11.2 Å². The number of hydrogen-bond acceptors (Lipinski definition) is 2. The highest BCUT2D eigenvalue weighted by molar-refractivity contribution is 9.10. The molecule has 1 aromatic carbocycles. The zero-order valence-electron chi connectivity index (χ0n) is 12.8. The number of nitrogens with one attached hydrogen (secondary N) is 1. The average molecular weight is 358 g/mol. The first kappa shape index (κ1) is 16.9. The maximum atomic E-state index is 13.4. The standard InChI is InChI=1S/C17H25BrFNO/c1-21-10-9-20-13-17(7-3-2-4-8-17)12-14-5-6-16(19)15(18)11-14/h5-6,11,20H,2-4,7-10,12-13H2,1H3. The van der Waals surface area contributed by atoms with Gasteiger partial charge in [-0.3, -0.25) is 0 Å². The number of ether oxygens (including phenoxy) is 1. The molecule has 1 fully saturated rings. The molecule has 118 valence electrons. The molecule has 0 amide bonds. The van der Waals surface area contributed by atoms with E-state index in [1.54, 1.807) is 13.2 Å². The van der Waals surface area contributed by atoms with E-state index < -0.39 is 0 Å². The number of methoxy groups -OCH3 is 1. The van der Waals surface area contributed by atoms with Gasteiger partial charge >= 0.3 is 0 Å². The lowest BCUT2D eigenvalue weighted by molar-refractivity contribution is 0.162. The first-order valence-corrected chi connectivity index (χ1v) is 8.58. The Balaban J connectivity index is 2.02. The van der Waals surface area contributed by atoms with E-state index in [4.69, 9.17) is 4.74 Å². The zero-order valence-corrected chi connectivity index (χ0v) is 14.3. The monoisotopic (exact) mass is 357 g/mol. The molecule has 1 saturated carbocycles. The molecule has 21 heavy (non-hydrogen) atoms. The van der Waals surface area contributed by atoms with E-state index in [2.05, 4.69) is 21.2 Å². The van der Waals surface area contributed by atoms with Crippen molar-refractivity contribution in [3.05, 3.63) is 34.1 Å². The molecule has 0 radical (unpaired) electrons. The number of hydrogen-bond donors (Lipinski definition) is 1. The van der Waals surface area contributed by atoms with E-state index in [1.807, 2.05) is 12.1 Å². The topological polar surface area (TPSA) is 21.3 Å². The minimum Gasteiger partial charge on any atom is -0.383 e. The van der Waals surface area contributed by atoms with Crippen LogP contribution >= 0.6 is 15.9 Å². The van der Waals surface area contributed by atoms with Gasteiger partial charge in [0.25, 0.3) is 0 Å². The molecular weight excluding hydrogens is 333 g/mol. The van der Waals surface area contributed by atoms with E-state index in [9.17, 15) is 4.39 Å². The molecule has 1 aliphatic carbocycles. The SMILES string of the molecule is COCCNCC1(Cc2ccc(F)c(Br)c2)CCCCC1. The molecule has 0 heterocycles. The molecule has 0 unspecified atom stereocenters. The predicted molar refractivity (Wildman–Crippen MR) is 88.1 cm³/mol. The first-order chi connectivity index (χ1) is 10.2. The molecule has 0 aromatic heterocycles. The highest BCUT2D eigenvalue weighted by atomic mass is 79.9. The van der Waals surface area contributed by atoms with Gasteiger partial charge in [-0.1, -0.05) is 25.3 Å². The highest BCUT2D eigenvalue weighted by Crippen LogP contribution is 2.39. The molecule has 0 saturated heterocycles. The van der Waals surface area contributed by atoms with Gasteiger partial charge in [0.05, 0.1) is 11.1 Å². The lowest BCUT2D eigenvalue weighted by Gasteiger charge is -2.38. The summed E-state index contributed by atoms with van der Waals surface area (Å²) in [6.07, 6.45) is 7.46. The third kappa shape index (κ3) is 5.04. The van der Waals surface area contributed by atoms with Crippen molar-refractivity contribution < 1.29 is 9.13 Å². The predicted octanol–water partition coefficient (Wildman–Crippen LogP) is 4.32. The van der Waals surface area contributed by atoms with Gasteiger partial charge < -0.3 is 10.1 Å². The van der Waals surface area contributed by atoms with Crippen LogP contribution in [0.3, 0.4) is 0 Å². The largest absolute Gasteiger partial charge is 0.383 e. The van der Waals surface area contributed by atoms with Crippen molar-refractivity contribution in [3.8, 4) is 0 Å². The van der Waals surface area contributed by atoms with Gasteiger partial charge in [0, 0.05) is 20.2 Å². The third-order valence-corrected chi connectivity index (χ3v) is 5.07. The Morgan fingerprint density at radius 2 is 2.05 bits per heavy atom. The average Bonchev–Trinajstić information content (AvgIpc) is 2.49. The van der Waals surface area contributed by atoms with Gasteiger partial charge in [-0.2, -0.15) is 0 Å². The zero-order chi connectivity index (χ0) is 15.1. The van der Waals surface area contributed by atoms with E-state index >= 15 is 0 Å². The minimum absolute atomic E-state index is 0.185. The van der Waals surface area contributed by atoms with Crippen LogP contribution in [0.5, 0.6) is 0 Å². The van der Waals surface area contributed by atoms with Crippen LogP contribution < -0.4 is 5.32 Å². The van der Waals surface area contributed by atoms with Crippen LogP contribution in [0.25, 0.3) is 0 Å². The van der Waals surface area contributed by atoms with Crippen LogP contribution in [0.1, 0.15) is 37.7 Å². The first-order valence-electron chi connectivity index (χ1n) is 7.79. The summed E-state index contributed by atoms with van der Waals surface area (Å²) in [6.45, 7) is 2.66. The van der Waals surface area contributed by atoms with Crippen LogP contribution in [0.2, 0.25) is 0 Å². The summed E-state index contributed by atoms with van der Waals surface area (Å²) in [6, 6.07) is 5.42. The normalized spacial score (nSPS) is 17.9. The number of benzene rings is 1. The van der Waals surface area contributed by atoms with Gasteiger partial charge in [0.2, 0.25) is 0 Å². The van der Waals surface area contributed by atoms with E-state index in [0.29, 0.717) is 9.89 Å². The molecule has 0 aliphatic heterocycles. The summed E-state index contributed by atoms with van der Waals surface area (Å²) in [5, 5.41) is 3.53. The maximum absolute atomic E-state index is 13.4. The lowest BCUT2D eigenvalue weighted by Crippen LogP contribution is -2.39. The molecule has 0 bridgehead atoms. The summed E-state index contributed by atoms with van der Waals surface area (Å²) in [5.41, 5.74) is 1.53. The highest BCUT2D eigenvalue weighted by Gasteiger charge is 2.31. The Bertz CT molecular complexity index is 446. The lowest BCUT2D eigenvalue weighted by atomic mass is 9.70. The maximum Gasteiger partial charge on any atom is 0.137 e. The van der Waals surface area contributed by atoms with Gasteiger partial charge in [-0.05, 0) is 58.3 Å². The Morgan fingerprint density at radius 3 is 2.71 bits per heavy atom. The summed E-state index contributed by atoms with van der Waals surface area (Å²) < 4.78 is 19.1. The van der Waals surface area contributed by atoms with Crippen molar-refractivity contribution >= 4 is 15.9 Å². The van der Waals surface area contributed by atoms with Crippen molar-refractivity contribution in [1.82, 2.24) is 5.32 Å². The summed E-state index contributed by atoms with van der Waals surface area (Å²) >= 11 is 3.29. The smallest absolute Gasteiger partial charge is 0.137 e. The molecule has 1 aliphatic rings. The fourth-order valence-electron chi connectivity index (χ4n) is 3.33. The quantitative estimate of drug-likeness (QED) is 0.733. The Kier molecular flexibility index (Phi) is 6.65. The Morgan fingerprint density at radius 1 is 1.29 bits per heavy atom. The number of halogens is 2. The molecule has 1 aromatic rings. The molecule has 0 spiro atoms. The fraction of sp³-hybridized carbons (Fsp3) is 0.647. The van der Waals surface area contributed by atoms with Gasteiger partial charge in [0.1, 0.15) is 5.82 Å². The summed E-state index contributed by atoms with van der Waals surface area (Å²) in [5.74, 6) is -0.185. The third-order valence-electron chi connectivity index (χ3n) is 4.46. The van der Waals surface area contributed by atoms with Crippen LogP contribution in [-0.2, 0) is 11.2 Å². The fourth-order valence-corrected chi connectivity index (χ4v) is 3.75. The van der Waals surface area contributed by atoms with Gasteiger partial charge in [-0.25, -0.2) is 4.39 Å². The van der Waals surface area contributed by atoms with Crippen molar-refractivity contribution in [2.75, 3.05) is 26.8 Å². The van der Waals surface area contributed by atoms with Crippen LogP contribution in [0.4, 0.5) is 4.39 Å². The molecule has 4 heteroatoms. The molecular formula is C17H25BrFNO.